The Balaban J connectivity index is 0.000000217. The smallest absolute Gasteiger partial charge is 0.0751 e. The van der Waals surface area contributed by atoms with E-state index < -0.39 is 0 Å². The molecule has 0 saturated heterocycles. The van der Waals surface area contributed by atoms with Crippen molar-refractivity contribution < 1.29 is 5.11 Å². The summed E-state index contributed by atoms with van der Waals surface area (Å²) in [4.78, 5) is 0. The minimum absolute atomic E-state index is 0.913. The van der Waals surface area contributed by atoms with Crippen LogP contribution in [0.2, 0.25) is 0 Å². The third kappa shape index (κ3) is 6.87. The lowest BCUT2D eigenvalue weighted by Gasteiger charge is -1.82. The van der Waals surface area contributed by atoms with E-state index in [9.17, 15) is 0 Å². The summed E-state index contributed by atoms with van der Waals surface area (Å²) >= 11 is 0. The largest absolute Gasteiger partial charge is 0.516 e. The summed E-state index contributed by atoms with van der Waals surface area (Å²) in [7, 11) is 0. The van der Waals surface area contributed by atoms with Gasteiger partial charge in [0.2, 0.25) is 0 Å². The van der Waals surface area contributed by atoms with Gasteiger partial charge in [-0.3, -0.25) is 0 Å². The zero-order chi connectivity index (χ0) is 9.23. The van der Waals surface area contributed by atoms with Crippen molar-refractivity contribution >= 4 is 0 Å². The lowest BCUT2D eigenvalue weighted by Crippen LogP contribution is -1.62. The number of aryl methyl sites for hydroxylation is 1. The van der Waals surface area contributed by atoms with Gasteiger partial charge in [-0.05, 0) is 13.3 Å². The molecule has 12 heavy (non-hydrogen) atoms. The van der Waals surface area contributed by atoms with Crippen molar-refractivity contribution in [1.29, 1.82) is 0 Å². The fourth-order valence-corrected chi connectivity index (χ4v) is 0.640. The van der Waals surface area contributed by atoms with Crippen LogP contribution in [-0.4, -0.2) is 5.11 Å². The van der Waals surface area contributed by atoms with Crippen LogP contribution in [0, 0.1) is 6.92 Å². The van der Waals surface area contributed by atoms with Crippen LogP contribution in [0.25, 0.3) is 0 Å². The van der Waals surface area contributed by atoms with Gasteiger partial charge in [-0.2, -0.15) is 0 Å². The maximum absolute atomic E-state index is 7.89. The van der Waals surface area contributed by atoms with Crippen molar-refractivity contribution in [3.05, 3.63) is 48.2 Å². The van der Waals surface area contributed by atoms with Crippen LogP contribution in [0.3, 0.4) is 0 Å². The van der Waals surface area contributed by atoms with Crippen molar-refractivity contribution in [3.8, 4) is 0 Å². The Bertz CT molecular complexity index is 202. The zero-order valence-corrected chi connectivity index (χ0v) is 7.70. The highest BCUT2D eigenvalue weighted by Gasteiger charge is 1.72. The molecule has 66 valence electrons. The molecule has 0 saturated carbocycles. The molecule has 0 fully saturated rings. The van der Waals surface area contributed by atoms with Crippen molar-refractivity contribution in [2.45, 2.75) is 20.3 Å². The first kappa shape index (κ1) is 10.8. The first-order chi connectivity index (χ1) is 5.81. The second-order valence-electron chi connectivity index (χ2n) is 2.45. The van der Waals surface area contributed by atoms with E-state index in [0.717, 1.165) is 12.7 Å². The molecule has 1 aromatic rings. The van der Waals surface area contributed by atoms with E-state index in [4.69, 9.17) is 5.11 Å². The molecule has 0 spiro atoms. The van der Waals surface area contributed by atoms with Crippen LogP contribution in [0.15, 0.2) is 42.7 Å². The summed E-state index contributed by atoms with van der Waals surface area (Å²) in [5.74, 6) is 0. The summed E-state index contributed by atoms with van der Waals surface area (Å²) in [5.41, 5.74) is 1.32. The Labute approximate surface area is 74.4 Å². The maximum atomic E-state index is 7.89. The van der Waals surface area contributed by atoms with Crippen molar-refractivity contribution in [2.75, 3.05) is 0 Å². The first-order valence-corrected chi connectivity index (χ1v) is 4.12. The molecule has 0 aliphatic rings. The highest BCUT2D eigenvalue weighted by molar-refractivity contribution is 5.11. The van der Waals surface area contributed by atoms with Crippen LogP contribution in [0.4, 0.5) is 0 Å². The van der Waals surface area contributed by atoms with Gasteiger partial charge in [0.05, 0.1) is 6.26 Å². The van der Waals surface area contributed by atoms with Gasteiger partial charge in [0, 0.05) is 0 Å². The quantitative estimate of drug-likeness (QED) is 0.630. The van der Waals surface area contributed by atoms with Gasteiger partial charge in [-0.15, -0.1) is 0 Å². The average Bonchev–Trinajstić information content (AvgIpc) is 2.08. The average molecular weight is 164 g/mol. The standard InChI is InChI=1S/C7H8.C4H8O/c1-7-5-3-2-4-6-7;1-2-3-4-5/h2-6H,1H3;3-5H,2H2,1H3/b;4-3+. The molecule has 0 aliphatic carbocycles. The monoisotopic (exact) mass is 164 g/mol. The topological polar surface area (TPSA) is 20.2 Å². The van der Waals surface area contributed by atoms with E-state index in [0.29, 0.717) is 0 Å². The van der Waals surface area contributed by atoms with Crippen LogP contribution >= 0.6 is 0 Å². The SMILES string of the molecule is CC/C=C/O.Cc1ccccc1. The van der Waals surface area contributed by atoms with Gasteiger partial charge in [0.25, 0.3) is 0 Å². The molecule has 1 rings (SSSR count). The van der Waals surface area contributed by atoms with E-state index in [1.807, 2.05) is 25.1 Å². The van der Waals surface area contributed by atoms with Crippen LogP contribution in [-0.2, 0) is 0 Å². The minimum Gasteiger partial charge on any atom is -0.516 e. The van der Waals surface area contributed by atoms with Crippen LogP contribution < -0.4 is 0 Å². The summed E-state index contributed by atoms with van der Waals surface area (Å²) in [6.45, 7) is 4.05. The predicted molar refractivity (Wildman–Crippen MR) is 53.2 cm³/mol. The van der Waals surface area contributed by atoms with Gasteiger partial charge < -0.3 is 5.11 Å². The Morgan fingerprint density at radius 2 is 1.83 bits per heavy atom. The maximum Gasteiger partial charge on any atom is 0.0751 e. The van der Waals surface area contributed by atoms with E-state index in [1.54, 1.807) is 6.08 Å². The molecule has 1 N–H and O–H groups in total. The van der Waals surface area contributed by atoms with E-state index in [2.05, 4.69) is 19.1 Å². The highest BCUT2D eigenvalue weighted by atomic mass is 16.2. The van der Waals surface area contributed by atoms with Gasteiger partial charge in [0.1, 0.15) is 0 Å². The molecular weight excluding hydrogens is 148 g/mol. The van der Waals surface area contributed by atoms with E-state index in [-0.39, 0.29) is 0 Å². The van der Waals surface area contributed by atoms with Crippen molar-refractivity contribution in [2.24, 2.45) is 0 Å². The predicted octanol–water partition coefficient (Wildman–Crippen LogP) is 3.46. The lowest BCUT2D eigenvalue weighted by molar-refractivity contribution is 0.471. The van der Waals surface area contributed by atoms with E-state index >= 15 is 0 Å². The van der Waals surface area contributed by atoms with Gasteiger partial charge in [-0.1, -0.05) is 48.9 Å². The Hall–Kier alpha value is -1.24. The van der Waals surface area contributed by atoms with Crippen LogP contribution in [0.5, 0.6) is 0 Å². The normalized spacial score (nSPS) is 9.17. The third-order valence-corrected chi connectivity index (χ3v) is 1.28. The summed E-state index contributed by atoms with van der Waals surface area (Å²) < 4.78 is 0. The lowest BCUT2D eigenvalue weighted by atomic mass is 10.2. The molecule has 1 aromatic carbocycles. The molecule has 0 aliphatic heterocycles. The molecular formula is C11H16O. The fourth-order valence-electron chi connectivity index (χ4n) is 0.640. The van der Waals surface area contributed by atoms with Crippen molar-refractivity contribution in [1.82, 2.24) is 0 Å². The summed E-state index contributed by atoms with van der Waals surface area (Å²) in [6, 6.07) is 10.3. The molecule has 0 bridgehead atoms. The number of allylic oxidation sites excluding steroid dienone is 1. The second kappa shape index (κ2) is 7.86. The Kier molecular flexibility index (Phi) is 7.05. The second-order valence-corrected chi connectivity index (χ2v) is 2.45. The summed E-state index contributed by atoms with van der Waals surface area (Å²) in [6.07, 6.45) is 3.65. The van der Waals surface area contributed by atoms with Gasteiger partial charge >= 0.3 is 0 Å². The summed E-state index contributed by atoms with van der Waals surface area (Å²) in [5, 5.41) is 7.89. The molecule has 0 unspecified atom stereocenters. The van der Waals surface area contributed by atoms with Crippen LogP contribution in [0.1, 0.15) is 18.9 Å². The molecule has 0 radical (unpaired) electrons. The molecule has 1 nitrogen and oxygen atoms in total. The number of aliphatic hydroxyl groups excluding tert-OH is 1. The molecule has 0 aromatic heterocycles. The molecule has 0 heterocycles. The van der Waals surface area contributed by atoms with Crippen molar-refractivity contribution in [3.63, 3.8) is 0 Å². The number of rotatable bonds is 1. The molecule has 1 heteroatoms. The number of benzene rings is 1. The van der Waals surface area contributed by atoms with Gasteiger partial charge in [0.15, 0.2) is 0 Å². The zero-order valence-electron chi connectivity index (χ0n) is 7.70. The molecule has 0 amide bonds. The first-order valence-electron chi connectivity index (χ1n) is 4.12. The Morgan fingerprint density at radius 1 is 1.25 bits per heavy atom. The van der Waals surface area contributed by atoms with Gasteiger partial charge in [-0.25, -0.2) is 0 Å². The number of hydrogen-bond donors (Lipinski definition) is 1. The fraction of sp³-hybridized carbons (Fsp3) is 0.273. The number of aliphatic hydroxyl groups is 1. The van der Waals surface area contributed by atoms with E-state index in [1.165, 1.54) is 5.56 Å². The Morgan fingerprint density at radius 3 is 2.00 bits per heavy atom. The third-order valence-electron chi connectivity index (χ3n) is 1.28. The molecule has 0 atom stereocenters. The minimum atomic E-state index is 0.913. The number of hydrogen-bond acceptors (Lipinski definition) is 1. The highest BCUT2D eigenvalue weighted by Crippen LogP contribution is 1.92.